The van der Waals surface area contributed by atoms with Crippen molar-refractivity contribution in [2.24, 2.45) is 0 Å². The topological polar surface area (TPSA) is 104 Å². The number of nitrogens with zero attached hydrogens (tertiary/aromatic N) is 2. The van der Waals surface area contributed by atoms with Gasteiger partial charge in [-0.05, 0) is 25.1 Å². The number of Topliss-reactive ketones (excluding diaryl/α,β-unsaturated/α-hetero) is 1. The molecule has 0 aromatic heterocycles. The number of piperazine rings is 1. The summed E-state index contributed by atoms with van der Waals surface area (Å²) in [5.41, 5.74) is -5.50. The van der Waals surface area contributed by atoms with Crippen LogP contribution in [0, 0.1) is 0 Å². The Kier molecular flexibility index (Phi) is 5.35. The van der Waals surface area contributed by atoms with Gasteiger partial charge in [-0.3, -0.25) is 4.79 Å². The van der Waals surface area contributed by atoms with E-state index in [1.54, 1.807) is 4.90 Å². The van der Waals surface area contributed by atoms with Crippen molar-refractivity contribution in [3.63, 3.8) is 0 Å². The van der Waals surface area contributed by atoms with Gasteiger partial charge in [0.05, 0.1) is 5.56 Å². The van der Waals surface area contributed by atoms with E-state index in [4.69, 9.17) is 5.11 Å². The molecule has 26 heavy (non-hydrogen) atoms. The number of carbonyl (C=O) groups is 2. The number of carbonyl (C=O) groups excluding carboxylic acids is 1. The van der Waals surface area contributed by atoms with Gasteiger partial charge in [-0.1, -0.05) is 0 Å². The summed E-state index contributed by atoms with van der Waals surface area (Å²) < 4.78 is 63.8. The van der Waals surface area contributed by atoms with Gasteiger partial charge in [0.15, 0.2) is 11.5 Å². The van der Waals surface area contributed by atoms with Crippen molar-refractivity contribution >= 4 is 27.7 Å². The quantitative estimate of drug-likeness (QED) is 0.471. The smallest absolute Gasteiger partial charge is 0.465 e. The zero-order valence-corrected chi connectivity index (χ0v) is 14.3. The average Bonchev–Trinajstić information content (AvgIpc) is 2.53. The summed E-state index contributed by atoms with van der Waals surface area (Å²) in [6.45, 7) is 2.11. The SMILES string of the molecule is CC(=O)c1cc(N2CCN(C(=O)O)CC2)ccc1OS(=O)(=O)C(F)(F)F. The highest BCUT2D eigenvalue weighted by molar-refractivity contribution is 7.88. The fraction of sp³-hybridized carbons (Fsp3) is 0.429. The van der Waals surface area contributed by atoms with Gasteiger partial charge in [-0.2, -0.15) is 21.6 Å². The molecule has 0 saturated carbocycles. The Balaban J connectivity index is 2.27. The van der Waals surface area contributed by atoms with Crippen LogP contribution in [-0.2, 0) is 10.1 Å². The summed E-state index contributed by atoms with van der Waals surface area (Å²) >= 11 is 0. The molecule has 1 aliphatic rings. The minimum atomic E-state index is -5.90. The van der Waals surface area contributed by atoms with Gasteiger partial charge in [0.2, 0.25) is 0 Å². The second-order valence-corrected chi connectivity index (χ2v) is 7.01. The maximum Gasteiger partial charge on any atom is 0.534 e. The highest BCUT2D eigenvalue weighted by Gasteiger charge is 2.49. The molecule has 12 heteroatoms. The Morgan fingerprint density at radius 1 is 1.15 bits per heavy atom. The number of hydrogen-bond donors (Lipinski definition) is 1. The number of ketones is 1. The first kappa shape index (κ1) is 19.8. The van der Waals surface area contributed by atoms with Gasteiger partial charge in [-0.25, -0.2) is 4.79 Å². The molecule has 0 aliphatic carbocycles. The van der Waals surface area contributed by atoms with E-state index < -0.39 is 33.3 Å². The number of hydrogen-bond acceptors (Lipinski definition) is 6. The van der Waals surface area contributed by atoms with Gasteiger partial charge in [-0.15, -0.1) is 0 Å². The lowest BCUT2D eigenvalue weighted by Crippen LogP contribution is -2.48. The molecule has 2 rings (SSSR count). The van der Waals surface area contributed by atoms with Crippen LogP contribution in [0.15, 0.2) is 18.2 Å². The monoisotopic (exact) mass is 396 g/mol. The normalized spacial score (nSPS) is 15.7. The summed E-state index contributed by atoms with van der Waals surface area (Å²) in [6.07, 6.45) is -1.06. The lowest BCUT2D eigenvalue weighted by Gasteiger charge is -2.34. The molecule has 1 N–H and O–H groups in total. The summed E-state index contributed by atoms with van der Waals surface area (Å²) in [5, 5.41) is 8.92. The Bertz CT molecular complexity index is 816. The highest BCUT2D eigenvalue weighted by Crippen LogP contribution is 2.31. The molecule has 1 aromatic carbocycles. The molecule has 1 fully saturated rings. The van der Waals surface area contributed by atoms with Crippen molar-refractivity contribution in [3.05, 3.63) is 23.8 Å². The lowest BCUT2D eigenvalue weighted by molar-refractivity contribution is -0.0500. The second-order valence-electron chi connectivity index (χ2n) is 5.48. The van der Waals surface area contributed by atoms with Gasteiger partial charge in [0.1, 0.15) is 0 Å². The van der Waals surface area contributed by atoms with E-state index >= 15 is 0 Å². The van der Waals surface area contributed by atoms with E-state index in [1.165, 1.54) is 17.0 Å². The Hall–Kier alpha value is -2.50. The van der Waals surface area contributed by atoms with E-state index in [0.29, 0.717) is 18.8 Å². The van der Waals surface area contributed by atoms with Crippen LogP contribution in [0.1, 0.15) is 17.3 Å². The van der Waals surface area contributed by atoms with Gasteiger partial charge in [0.25, 0.3) is 0 Å². The van der Waals surface area contributed by atoms with Crippen LogP contribution in [0.2, 0.25) is 0 Å². The number of halogens is 3. The van der Waals surface area contributed by atoms with Crippen LogP contribution < -0.4 is 9.08 Å². The molecule has 0 spiro atoms. The van der Waals surface area contributed by atoms with Crippen molar-refractivity contribution in [2.45, 2.75) is 12.4 Å². The second kappa shape index (κ2) is 7.02. The molecule has 144 valence electrons. The van der Waals surface area contributed by atoms with Gasteiger partial charge < -0.3 is 19.1 Å². The zero-order chi connectivity index (χ0) is 19.7. The predicted molar refractivity (Wildman–Crippen MR) is 83.9 cm³/mol. The van der Waals surface area contributed by atoms with E-state index in [1.807, 2.05) is 0 Å². The number of rotatable bonds is 4. The van der Waals surface area contributed by atoms with Gasteiger partial charge in [0, 0.05) is 31.9 Å². The van der Waals surface area contributed by atoms with Crippen LogP contribution in [0.5, 0.6) is 5.75 Å². The van der Waals surface area contributed by atoms with Gasteiger partial charge >= 0.3 is 21.7 Å². The van der Waals surface area contributed by atoms with Crippen LogP contribution in [0.3, 0.4) is 0 Å². The summed E-state index contributed by atoms with van der Waals surface area (Å²) in [7, 11) is -5.90. The van der Waals surface area contributed by atoms with E-state index in [-0.39, 0.29) is 18.7 Å². The van der Waals surface area contributed by atoms with E-state index in [0.717, 1.165) is 13.0 Å². The number of anilines is 1. The molecular weight excluding hydrogens is 381 g/mol. The zero-order valence-electron chi connectivity index (χ0n) is 13.5. The minimum Gasteiger partial charge on any atom is -0.465 e. The third-order valence-electron chi connectivity index (χ3n) is 3.74. The van der Waals surface area contributed by atoms with Crippen LogP contribution >= 0.6 is 0 Å². The van der Waals surface area contributed by atoms with E-state index in [2.05, 4.69) is 4.18 Å². The van der Waals surface area contributed by atoms with Crippen molar-refractivity contribution < 1.29 is 40.5 Å². The molecule has 0 unspecified atom stereocenters. The van der Waals surface area contributed by atoms with Crippen molar-refractivity contribution in [2.75, 3.05) is 31.1 Å². The van der Waals surface area contributed by atoms with Crippen molar-refractivity contribution in [3.8, 4) is 5.75 Å². The fourth-order valence-corrected chi connectivity index (χ4v) is 2.86. The first-order chi connectivity index (χ1) is 11.9. The van der Waals surface area contributed by atoms with Crippen LogP contribution in [0.25, 0.3) is 0 Å². The Morgan fingerprint density at radius 3 is 2.19 bits per heavy atom. The first-order valence-electron chi connectivity index (χ1n) is 7.31. The molecule has 0 radical (unpaired) electrons. The maximum atomic E-state index is 12.5. The largest absolute Gasteiger partial charge is 0.534 e. The molecule has 1 saturated heterocycles. The third-order valence-corrected chi connectivity index (χ3v) is 4.71. The molecule has 1 aromatic rings. The molecule has 0 bridgehead atoms. The lowest BCUT2D eigenvalue weighted by atomic mass is 10.1. The Labute approximate surface area is 146 Å². The van der Waals surface area contributed by atoms with Crippen molar-refractivity contribution in [1.29, 1.82) is 0 Å². The molecule has 0 atom stereocenters. The average molecular weight is 396 g/mol. The Morgan fingerprint density at radius 2 is 1.73 bits per heavy atom. The third kappa shape index (κ3) is 4.18. The van der Waals surface area contributed by atoms with Crippen molar-refractivity contribution in [1.82, 2.24) is 4.90 Å². The first-order valence-corrected chi connectivity index (χ1v) is 8.72. The predicted octanol–water partition coefficient (Wildman–Crippen LogP) is 1.92. The van der Waals surface area contributed by atoms with E-state index in [9.17, 15) is 31.2 Å². The van der Waals surface area contributed by atoms with Crippen LogP contribution in [0.4, 0.5) is 23.7 Å². The summed E-state index contributed by atoms with van der Waals surface area (Å²) in [4.78, 5) is 25.5. The molecule has 8 nitrogen and oxygen atoms in total. The fourth-order valence-electron chi connectivity index (χ4n) is 2.38. The summed E-state index contributed by atoms with van der Waals surface area (Å²) in [6, 6.07) is 3.50. The number of benzene rings is 1. The standard InChI is InChI=1S/C14H15F3N2O6S/c1-9(20)11-8-10(18-4-6-19(7-5-18)13(21)22)2-3-12(11)25-26(23,24)14(15,16)17/h2-3,8H,4-7H2,1H3,(H,21,22). The number of carboxylic acid groups (broad SMARTS) is 1. The highest BCUT2D eigenvalue weighted by atomic mass is 32.2. The number of amides is 1. The molecule has 1 heterocycles. The minimum absolute atomic E-state index is 0.214. The number of alkyl halides is 3. The molecular formula is C14H15F3N2O6S. The molecule has 1 aliphatic heterocycles. The van der Waals surface area contributed by atoms with Crippen LogP contribution in [-0.4, -0.2) is 62.0 Å². The summed E-state index contributed by atoms with van der Waals surface area (Å²) in [5.74, 6) is -1.40. The maximum absolute atomic E-state index is 12.5. The molecule has 1 amide bonds.